The van der Waals surface area contributed by atoms with E-state index in [1.54, 1.807) is 69.6 Å². The van der Waals surface area contributed by atoms with Crippen LogP contribution in [0.5, 0.6) is 0 Å². The summed E-state index contributed by atoms with van der Waals surface area (Å²) in [6, 6.07) is 0. The summed E-state index contributed by atoms with van der Waals surface area (Å²) < 4.78 is 9.31. The summed E-state index contributed by atoms with van der Waals surface area (Å²) in [7, 11) is 3.30. The van der Waals surface area contributed by atoms with Crippen LogP contribution in [-0.2, 0) is 9.47 Å². The van der Waals surface area contributed by atoms with Gasteiger partial charge in [0.15, 0.2) is 0 Å². The molecule has 0 aliphatic carbocycles. The van der Waals surface area contributed by atoms with Crippen LogP contribution in [0.2, 0.25) is 0 Å². The number of rotatable bonds is 3. The molecular formula is C16H42CeO6. The molecule has 0 spiro atoms. The Balaban J connectivity index is -0.0000000393. The molecule has 0 amide bonds. The summed E-state index contributed by atoms with van der Waals surface area (Å²) in [5, 5.41) is 32.2. The van der Waals surface area contributed by atoms with Crippen molar-refractivity contribution < 1.29 is 71.6 Å². The summed E-state index contributed by atoms with van der Waals surface area (Å²) in [6.07, 6.45) is -0.667. The minimum Gasteiger partial charge on any atom is -0.394 e. The van der Waals surface area contributed by atoms with Crippen LogP contribution >= 0.6 is 0 Å². The van der Waals surface area contributed by atoms with Gasteiger partial charge in [-0.2, -0.15) is 0 Å². The van der Waals surface area contributed by atoms with Gasteiger partial charge in [-0.1, -0.05) is 0 Å². The van der Waals surface area contributed by atoms with Crippen LogP contribution < -0.4 is 0 Å². The number of ether oxygens (including phenoxy) is 2. The molecule has 0 radical (unpaired) electrons. The van der Waals surface area contributed by atoms with Gasteiger partial charge in [0, 0.05) is 80.4 Å². The van der Waals surface area contributed by atoms with Gasteiger partial charge in [-0.15, -0.1) is 0 Å². The average molecular weight is 471 g/mol. The molecule has 7 heteroatoms. The van der Waals surface area contributed by atoms with Gasteiger partial charge in [0.1, 0.15) is 0 Å². The van der Waals surface area contributed by atoms with Crippen molar-refractivity contribution in [2.24, 2.45) is 0 Å². The van der Waals surface area contributed by atoms with Crippen molar-refractivity contribution in [2.75, 3.05) is 27.4 Å². The Labute approximate surface area is 178 Å². The molecule has 0 heterocycles. The molecule has 0 aromatic carbocycles. The van der Waals surface area contributed by atoms with Gasteiger partial charge >= 0.3 is 0 Å². The van der Waals surface area contributed by atoms with Crippen molar-refractivity contribution >= 4 is 0 Å². The average Bonchev–Trinajstić information content (AvgIpc) is 2.23. The van der Waals surface area contributed by atoms with E-state index < -0.39 is 0 Å². The second kappa shape index (κ2) is 38.6. The molecule has 0 aliphatic rings. The molecule has 0 aromatic heterocycles. The molecule has 0 saturated heterocycles. The molecule has 0 aliphatic heterocycles. The minimum atomic E-state index is -0.167. The Bertz CT molecular complexity index is 106. The molecule has 0 saturated carbocycles. The van der Waals surface area contributed by atoms with Crippen LogP contribution in [0.15, 0.2) is 0 Å². The van der Waals surface area contributed by atoms with Gasteiger partial charge in [-0.25, -0.2) is 0 Å². The fraction of sp³-hybridized carbons (Fsp3) is 1.00. The first-order chi connectivity index (χ1) is 9.84. The predicted molar refractivity (Wildman–Crippen MR) is 93.2 cm³/mol. The summed E-state index contributed by atoms with van der Waals surface area (Å²) >= 11 is 0. The quantitative estimate of drug-likeness (QED) is 0.470. The SMILES string of the molecule is CC(C)O.CC(C)O.CC(C)O.CC(C)O.COCCOC.[Ce]. The molecule has 23 heavy (non-hydrogen) atoms. The predicted octanol–water partition coefficient (Wildman–Crippen LogP) is 1.83. The molecule has 0 fully saturated rings. The number of hydrogen-bond acceptors (Lipinski definition) is 6. The Kier molecular flexibility index (Phi) is 65.9. The van der Waals surface area contributed by atoms with Crippen LogP contribution in [-0.4, -0.2) is 72.3 Å². The van der Waals surface area contributed by atoms with Gasteiger partial charge in [0.25, 0.3) is 0 Å². The van der Waals surface area contributed by atoms with Gasteiger partial charge in [-0.05, 0) is 55.4 Å². The van der Waals surface area contributed by atoms with E-state index in [1.165, 1.54) is 0 Å². The normalized spacial score (nSPS) is 8.61. The van der Waals surface area contributed by atoms with E-state index in [-0.39, 0.29) is 66.2 Å². The van der Waals surface area contributed by atoms with Gasteiger partial charge < -0.3 is 29.9 Å². The molecular weight excluding hydrogens is 428 g/mol. The first kappa shape index (κ1) is 39.3. The van der Waals surface area contributed by atoms with E-state index >= 15 is 0 Å². The molecule has 6 nitrogen and oxygen atoms in total. The van der Waals surface area contributed by atoms with E-state index in [0.717, 1.165) is 0 Å². The fourth-order valence-corrected chi connectivity index (χ4v) is 0.167. The smallest absolute Gasteiger partial charge is 0.0696 e. The van der Waals surface area contributed by atoms with Crippen LogP contribution in [0, 0.1) is 41.7 Å². The van der Waals surface area contributed by atoms with Gasteiger partial charge in [-0.3, -0.25) is 0 Å². The van der Waals surface area contributed by atoms with Crippen molar-refractivity contribution in [1.29, 1.82) is 0 Å². The molecule has 0 rings (SSSR count). The summed E-state index contributed by atoms with van der Waals surface area (Å²) in [5.74, 6) is 0. The first-order valence-corrected chi connectivity index (χ1v) is 7.55. The van der Waals surface area contributed by atoms with Crippen molar-refractivity contribution in [2.45, 2.75) is 79.8 Å². The maximum atomic E-state index is 8.06. The maximum Gasteiger partial charge on any atom is 0.0696 e. The van der Waals surface area contributed by atoms with Crippen molar-refractivity contribution in [3.8, 4) is 0 Å². The zero-order chi connectivity index (χ0) is 19.1. The van der Waals surface area contributed by atoms with E-state index in [1.807, 2.05) is 0 Å². The Hall–Kier alpha value is 1.14. The van der Waals surface area contributed by atoms with E-state index in [9.17, 15) is 0 Å². The van der Waals surface area contributed by atoms with Crippen LogP contribution in [0.3, 0.4) is 0 Å². The topological polar surface area (TPSA) is 99.4 Å². The third-order valence-corrected chi connectivity index (χ3v) is 0.492. The monoisotopic (exact) mass is 470 g/mol. The van der Waals surface area contributed by atoms with E-state index in [4.69, 9.17) is 20.4 Å². The molecule has 146 valence electrons. The first-order valence-electron chi connectivity index (χ1n) is 7.55. The second-order valence-electron chi connectivity index (χ2n) is 5.36. The Morgan fingerprint density at radius 1 is 0.522 bits per heavy atom. The van der Waals surface area contributed by atoms with Crippen molar-refractivity contribution in [3.63, 3.8) is 0 Å². The third kappa shape index (κ3) is 604. The van der Waals surface area contributed by atoms with Gasteiger partial charge in [0.2, 0.25) is 0 Å². The summed E-state index contributed by atoms with van der Waals surface area (Å²) in [6.45, 7) is 15.2. The Morgan fingerprint density at radius 2 is 0.609 bits per heavy atom. The number of hydrogen-bond donors (Lipinski definition) is 4. The molecule has 0 aromatic rings. The largest absolute Gasteiger partial charge is 0.394 e. The zero-order valence-corrected chi connectivity index (χ0v) is 20.0. The van der Waals surface area contributed by atoms with Crippen LogP contribution in [0.4, 0.5) is 0 Å². The summed E-state index contributed by atoms with van der Waals surface area (Å²) in [4.78, 5) is 0. The number of aliphatic hydroxyl groups is 4. The fourth-order valence-electron chi connectivity index (χ4n) is 0.167. The standard InChI is InChI=1S/C4H10O2.4C3H8O.Ce/c1-5-3-4-6-2;4*1-3(2)4;/h3-4H2,1-2H3;4*3-4H,1-2H3;. The van der Waals surface area contributed by atoms with Crippen LogP contribution in [0.25, 0.3) is 0 Å². The number of aliphatic hydroxyl groups excluding tert-OH is 4. The van der Waals surface area contributed by atoms with Crippen molar-refractivity contribution in [1.82, 2.24) is 0 Å². The number of methoxy groups -OCH3 is 2. The molecule has 4 N–H and O–H groups in total. The second-order valence-corrected chi connectivity index (χ2v) is 5.36. The molecule has 0 bridgehead atoms. The summed E-state index contributed by atoms with van der Waals surface area (Å²) in [5.41, 5.74) is 0. The molecule has 0 atom stereocenters. The minimum absolute atomic E-state index is 0. The van der Waals surface area contributed by atoms with E-state index in [2.05, 4.69) is 9.47 Å². The third-order valence-electron chi connectivity index (χ3n) is 0.492. The zero-order valence-electron chi connectivity index (χ0n) is 16.8. The van der Waals surface area contributed by atoms with Crippen LogP contribution in [0.1, 0.15) is 55.4 Å². The maximum absolute atomic E-state index is 8.06. The Morgan fingerprint density at radius 3 is 0.652 bits per heavy atom. The van der Waals surface area contributed by atoms with E-state index in [0.29, 0.717) is 13.2 Å². The van der Waals surface area contributed by atoms with Crippen molar-refractivity contribution in [3.05, 3.63) is 0 Å². The van der Waals surface area contributed by atoms with Gasteiger partial charge in [0.05, 0.1) is 13.2 Å². The molecule has 0 unspecified atom stereocenters.